The number of benzene rings is 1. The maximum Gasteiger partial charge on any atom is 0.408 e. The van der Waals surface area contributed by atoms with E-state index in [-0.39, 0.29) is 12.1 Å². The Hall–Kier alpha value is -1.71. The lowest BCUT2D eigenvalue weighted by molar-refractivity contribution is 0.0508. The number of hydrogen-bond acceptors (Lipinski definition) is 3. The van der Waals surface area contributed by atoms with Crippen molar-refractivity contribution in [1.29, 1.82) is 0 Å². The number of anilines is 1. The van der Waals surface area contributed by atoms with Gasteiger partial charge in [0, 0.05) is 17.8 Å². The Bertz CT molecular complexity index is 504. The van der Waals surface area contributed by atoms with E-state index >= 15 is 0 Å². The number of nitrogens with one attached hydrogen (secondary N) is 2. The first-order valence-corrected chi connectivity index (χ1v) is 6.61. The van der Waals surface area contributed by atoms with Crippen LogP contribution in [0.5, 0.6) is 0 Å². The van der Waals surface area contributed by atoms with Gasteiger partial charge in [-0.2, -0.15) is 0 Å². The standard InChI is InChI=1S/C15H22N2O2/c1-9-6-10(2)13-11(7-9)16-8-12(13)17-14(18)19-15(3,4)5/h6-7,12,16H,8H2,1-5H3,(H,17,18). The second-order valence-corrected chi connectivity index (χ2v) is 6.12. The van der Waals surface area contributed by atoms with Crippen molar-refractivity contribution in [2.75, 3.05) is 11.9 Å². The first-order chi connectivity index (χ1) is 8.76. The summed E-state index contributed by atoms with van der Waals surface area (Å²) in [6, 6.07) is 4.22. The van der Waals surface area contributed by atoms with Gasteiger partial charge >= 0.3 is 6.09 Å². The number of carbonyl (C=O) groups is 1. The van der Waals surface area contributed by atoms with Crippen molar-refractivity contribution < 1.29 is 9.53 Å². The lowest BCUT2D eigenvalue weighted by Gasteiger charge is -2.22. The predicted octanol–water partition coefficient (Wildman–Crippen LogP) is 3.29. The molecule has 4 nitrogen and oxygen atoms in total. The fraction of sp³-hybridized carbons (Fsp3) is 0.533. The van der Waals surface area contributed by atoms with Gasteiger partial charge in [0.15, 0.2) is 0 Å². The normalized spacial score (nSPS) is 17.6. The summed E-state index contributed by atoms with van der Waals surface area (Å²) >= 11 is 0. The zero-order chi connectivity index (χ0) is 14.2. The zero-order valence-electron chi connectivity index (χ0n) is 12.3. The number of rotatable bonds is 1. The van der Waals surface area contributed by atoms with Crippen LogP contribution in [0.15, 0.2) is 12.1 Å². The van der Waals surface area contributed by atoms with E-state index in [1.807, 2.05) is 20.8 Å². The Kier molecular flexibility index (Phi) is 3.43. The average molecular weight is 262 g/mol. The molecule has 19 heavy (non-hydrogen) atoms. The summed E-state index contributed by atoms with van der Waals surface area (Å²) in [4.78, 5) is 11.8. The molecule has 0 fully saturated rings. The zero-order valence-corrected chi connectivity index (χ0v) is 12.3. The summed E-state index contributed by atoms with van der Waals surface area (Å²) in [5.74, 6) is 0. The van der Waals surface area contributed by atoms with Crippen LogP contribution in [0.4, 0.5) is 10.5 Å². The molecular weight excluding hydrogens is 240 g/mol. The molecule has 1 amide bonds. The summed E-state index contributed by atoms with van der Waals surface area (Å²) in [6.07, 6.45) is -0.368. The SMILES string of the molecule is Cc1cc(C)c2c(c1)NCC2NC(=O)OC(C)(C)C. The maximum atomic E-state index is 11.8. The molecule has 1 aromatic rings. The Morgan fingerprint density at radius 2 is 2.05 bits per heavy atom. The quantitative estimate of drug-likeness (QED) is 0.816. The first kappa shape index (κ1) is 13.7. The smallest absolute Gasteiger partial charge is 0.408 e. The number of carbonyl (C=O) groups excluding carboxylic acids is 1. The van der Waals surface area contributed by atoms with Crippen LogP contribution in [0.3, 0.4) is 0 Å². The molecule has 2 N–H and O–H groups in total. The summed E-state index contributed by atoms with van der Waals surface area (Å²) in [6.45, 7) is 10.4. The number of hydrogen-bond donors (Lipinski definition) is 2. The van der Waals surface area contributed by atoms with E-state index in [9.17, 15) is 4.79 Å². The Labute approximate surface area is 114 Å². The number of aryl methyl sites for hydroxylation is 2. The van der Waals surface area contributed by atoms with Gasteiger partial charge in [-0.3, -0.25) is 0 Å². The van der Waals surface area contributed by atoms with E-state index in [2.05, 4.69) is 36.6 Å². The molecule has 1 unspecified atom stereocenters. The number of amides is 1. The Balaban J connectivity index is 2.13. The number of fused-ring (bicyclic) bond motifs is 1. The van der Waals surface area contributed by atoms with Gasteiger partial charge in [-0.05, 0) is 51.8 Å². The van der Waals surface area contributed by atoms with E-state index in [1.54, 1.807) is 0 Å². The molecule has 0 aliphatic carbocycles. The minimum absolute atomic E-state index is 0.0227. The van der Waals surface area contributed by atoms with Crippen molar-refractivity contribution in [3.8, 4) is 0 Å². The summed E-state index contributed by atoms with van der Waals surface area (Å²) in [5, 5.41) is 6.26. The van der Waals surface area contributed by atoms with Gasteiger partial charge in [0.25, 0.3) is 0 Å². The molecule has 1 atom stereocenters. The van der Waals surface area contributed by atoms with Crippen LogP contribution in [-0.4, -0.2) is 18.2 Å². The maximum absolute atomic E-state index is 11.8. The van der Waals surface area contributed by atoms with Gasteiger partial charge in [-0.1, -0.05) is 6.07 Å². The molecular formula is C15H22N2O2. The molecule has 104 valence electrons. The van der Waals surface area contributed by atoms with Crippen molar-refractivity contribution in [3.63, 3.8) is 0 Å². The molecule has 1 aromatic carbocycles. The van der Waals surface area contributed by atoms with Crippen molar-refractivity contribution >= 4 is 11.8 Å². The highest BCUT2D eigenvalue weighted by Gasteiger charge is 2.27. The topological polar surface area (TPSA) is 50.4 Å². The Morgan fingerprint density at radius 3 is 2.68 bits per heavy atom. The average Bonchev–Trinajstić information content (AvgIpc) is 2.57. The van der Waals surface area contributed by atoms with Crippen molar-refractivity contribution in [1.82, 2.24) is 5.32 Å². The minimum Gasteiger partial charge on any atom is -0.444 e. The van der Waals surface area contributed by atoms with Gasteiger partial charge in [0.1, 0.15) is 5.60 Å². The van der Waals surface area contributed by atoms with Crippen LogP contribution < -0.4 is 10.6 Å². The third-order valence-electron chi connectivity index (χ3n) is 3.07. The van der Waals surface area contributed by atoms with Crippen molar-refractivity contribution in [3.05, 3.63) is 28.8 Å². The molecule has 0 spiro atoms. The lowest BCUT2D eigenvalue weighted by atomic mass is 10.0. The molecule has 0 saturated carbocycles. The van der Waals surface area contributed by atoms with Gasteiger partial charge < -0.3 is 15.4 Å². The molecule has 2 rings (SSSR count). The number of alkyl carbamates (subject to hydrolysis) is 1. The summed E-state index contributed by atoms with van der Waals surface area (Å²) in [7, 11) is 0. The second kappa shape index (κ2) is 4.76. The van der Waals surface area contributed by atoms with Gasteiger partial charge in [0.2, 0.25) is 0 Å². The molecule has 0 bridgehead atoms. The fourth-order valence-electron chi connectivity index (χ4n) is 2.47. The summed E-state index contributed by atoms with van der Waals surface area (Å²) < 4.78 is 5.30. The van der Waals surface area contributed by atoms with E-state index in [0.29, 0.717) is 6.54 Å². The highest BCUT2D eigenvalue weighted by atomic mass is 16.6. The second-order valence-electron chi connectivity index (χ2n) is 6.12. The third-order valence-corrected chi connectivity index (χ3v) is 3.07. The van der Waals surface area contributed by atoms with Gasteiger partial charge in [-0.25, -0.2) is 4.79 Å². The van der Waals surface area contributed by atoms with E-state index in [4.69, 9.17) is 4.74 Å². The van der Waals surface area contributed by atoms with Crippen molar-refractivity contribution in [2.24, 2.45) is 0 Å². The van der Waals surface area contributed by atoms with Crippen LogP contribution in [0.25, 0.3) is 0 Å². The fourth-order valence-corrected chi connectivity index (χ4v) is 2.47. The molecule has 0 aromatic heterocycles. The molecule has 0 radical (unpaired) electrons. The van der Waals surface area contributed by atoms with Gasteiger partial charge in [0.05, 0.1) is 6.04 Å². The minimum atomic E-state index is -0.471. The molecule has 4 heteroatoms. The summed E-state index contributed by atoms with van der Waals surface area (Å²) in [5.41, 5.74) is 4.22. The highest BCUT2D eigenvalue weighted by Crippen LogP contribution is 2.33. The van der Waals surface area contributed by atoms with E-state index in [0.717, 1.165) is 11.3 Å². The van der Waals surface area contributed by atoms with Crippen molar-refractivity contribution in [2.45, 2.75) is 46.3 Å². The van der Waals surface area contributed by atoms with Crippen LogP contribution in [0, 0.1) is 13.8 Å². The Morgan fingerprint density at radius 1 is 1.37 bits per heavy atom. The van der Waals surface area contributed by atoms with Crippen LogP contribution in [0.1, 0.15) is 43.5 Å². The molecule has 1 heterocycles. The largest absolute Gasteiger partial charge is 0.444 e. The van der Waals surface area contributed by atoms with Crippen LogP contribution in [-0.2, 0) is 4.74 Å². The highest BCUT2D eigenvalue weighted by molar-refractivity contribution is 5.71. The molecule has 0 saturated heterocycles. The molecule has 1 aliphatic rings. The van der Waals surface area contributed by atoms with Gasteiger partial charge in [-0.15, -0.1) is 0 Å². The molecule has 1 aliphatic heterocycles. The predicted molar refractivity (Wildman–Crippen MR) is 76.5 cm³/mol. The van der Waals surface area contributed by atoms with E-state index in [1.165, 1.54) is 11.1 Å². The van der Waals surface area contributed by atoms with E-state index < -0.39 is 5.60 Å². The monoisotopic (exact) mass is 262 g/mol. The first-order valence-electron chi connectivity index (χ1n) is 6.61. The van der Waals surface area contributed by atoms with Crippen LogP contribution in [0.2, 0.25) is 0 Å². The third kappa shape index (κ3) is 3.19. The van der Waals surface area contributed by atoms with Crippen LogP contribution >= 0.6 is 0 Å². The number of ether oxygens (including phenoxy) is 1. The lowest BCUT2D eigenvalue weighted by Crippen LogP contribution is -2.35.